The summed E-state index contributed by atoms with van der Waals surface area (Å²) in [4.78, 5) is 20.6. The molecule has 0 spiro atoms. The molecule has 92 valence electrons. The van der Waals surface area contributed by atoms with Crippen molar-refractivity contribution >= 4 is 23.4 Å². The molecule has 0 aromatic heterocycles. The summed E-state index contributed by atoms with van der Waals surface area (Å²) in [6.07, 6.45) is 0. The highest BCUT2D eigenvalue weighted by molar-refractivity contribution is 7.99. The third kappa shape index (κ3) is 3.95. The average Bonchev–Trinajstić information content (AvgIpc) is 2.28. The minimum Gasteiger partial charge on any atom is -0.497 e. The van der Waals surface area contributed by atoms with Gasteiger partial charge < -0.3 is 9.84 Å². The number of carbonyl (C=O) groups is 1. The standard InChI is InChI=1S/C10H11NO5S/c1-16-8-3-2-7(5-17-6-10(12)13)9(4-8)11(14)15/h2-4H,5-6H2,1H3,(H,12,13). The zero-order chi connectivity index (χ0) is 12.8. The van der Waals surface area contributed by atoms with Gasteiger partial charge >= 0.3 is 5.97 Å². The Morgan fingerprint density at radius 2 is 2.29 bits per heavy atom. The number of hydrogen-bond donors (Lipinski definition) is 1. The lowest BCUT2D eigenvalue weighted by Crippen LogP contribution is -2.00. The maximum absolute atomic E-state index is 10.8. The molecule has 17 heavy (non-hydrogen) atoms. The lowest BCUT2D eigenvalue weighted by atomic mass is 10.2. The Hall–Kier alpha value is -1.76. The van der Waals surface area contributed by atoms with Crippen LogP contribution >= 0.6 is 11.8 Å². The van der Waals surface area contributed by atoms with E-state index in [0.717, 1.165) is 11.8 Å². The molecule has 0 saturated heterocycles. The van der Waals surface area contributed by atoms with Gasteiger partial charge in [0.05, 0.1) is 23.9 Å². The maximum atomic E-state index is 10.8. The highest BCUT2D eigenvalue weighted by Crippen LogP contribution is 2.27. The Balaban J connectivity index is 2.83. The van der Waals surface area contributed by atoms with E-state index in [1.165, 1.54) is 13.2 Å². The van der Waals surface area contributed by atoms with Crippen LogP contribution in [0.1, 0.15) is 5.56 Å². The minimum atomic E-state index is -0.939. The van der Waals surface area contributed by atoms with Crippen LogP contribution < -0.4 is 4.74 Å². The molecule has 1 N–H and O–H groups in total. The predicted octanol–water partition coefficient (Wildman–Crippen LogP) is 1.92. The molecule has 0 fully saturated rings. The number of carboxylic acid groups (broad SMARTS) is 1. The number of ether oxygens (including phenoxy) is 1. The first-order chi connectivity index (χ1) is 8.04. The van der Waals surface area contributed by atoms with Crippen molar-refractivity contribution in [3.8, 4) is 5.75 Å². The highest BCUT2D eigenvalue weighted by Gasteiger charge is 2.15. The second-order valence-electron chi connectivity index (χ2n) is 3.14. The molecule has 1 rings (SSSR count). The van der Waals surface area contributed by atoms with Crippen LogP contribution in [-0.2, 0) is 10.5 Å². The number of carboxylic acids is 1. The monoisotopic (exact) mass is 257 g/mol. The van der Waals surface area contributed by atoms with Gasteiger partial charge in [0, 0.05) is 11.3 Å². The lowest BCUT2D eigenvalue weighted by molar-refractivity contribution is -0.385. The van der Waals surface area contributed by atoms with Gasteiger partial charge in [0.1, 0.15) is 5.75 Å². The van der Waals surface area contributed by atoms with Crippen LogP contribution in [0.25, 0.3) is 0 Å². The van der Waals surface area contributed by atoms with Gasteiger partial charge in [-0.15, -0.1) is 11.8 Å². The summed E-state index contributed by atoms with van der Waals surface area (Å²) in [5.41, 5.74) is 0.435. The molecule has 0 heterocycles. The molecule has 0 amide bonds. The van der Waals surface area contributed by atoms with Crippen molar-refractivity contribution in [3.05, 3.63) is 33.9 Å². The topological polar surface area (TPSA) is 89.7 Å². The first-order valence-corrected chi connectivity index (χ1v) is 5.81. The van der Waals surface area contributed by atoms with Crippen LogP contribution in [0.4, 0.5) is 5.69 Å². The first kappa shape index (κ1) is 13.3. The van der Waals surface area contributed by atoms with E-state index in [9.17, 15) is 14.9 Å². The van der Waals surface area contributed by atoms with E-state index < -0.39 is 10.9 Å². The Kier molecular flexibility index (Phi) is 4.77. The van der Waals surface area contributed by atoms with Crippen molar-refractivity contribution < 1.29 is 19.6 Å². The number of aliphatic carboxylic acids is 1. The molecule has 0 aliphatic heterocycles. The van der Waals surface area contributed by atoms with Crippen molar-refractivity contribution in [3.63, 3.8) is 0 Å². The first-order valence-electron chi connectivity index (χ1n) is 4.65. The molecule has 0 atom stereocenters. The minimum absolute atomic E-state index is 0.0535. The molecule has 0 saturated carbocycles. The summed E-state index contributed by atoms with van der Waals surface area (Å²) in [5, 5.41) is 19.3. The maximum Gasteiger partial charge on any atom is 0.313 e. The number of nitrogens with zero attached hydrogens (tertiary/aromatic N) is 1. The van der Waals surface area contributed by atoms with Gasteiger partial charge in [-0.05, 0) is 12.1 Å². The number of benzene rings is 1. The van der Waals surface area contributed by atoms with Crippen LogP contribution in [0.15, 0.2) is 18.2 Å². The second kappa shape index (κ2) is 6.09. The van der Waals surface area contributed by atoms with Gasteiger partial charge in [0.25, 0.3) is 5.69 Å². The number of rotatable bonds is 6. The van der Waals surface area contributed by atoms with Crippen molar-refractivity contribution in [1.82, 2.24) is 0 Å². The largest absolute Gasteiger partial charge is 0.497 e. The van der Waals surface area contributed by atoms with Crippen LogP contribution in [0.5, 0.6) is 5.75 Å². The summed E-state index contributed by atoms with van der Waals surface area (Å²) in [5.74, 6) is -0.328. The van der Waals surface area contributed by atoms with Gasteiger partial charge in [-0.25, -0.2) is 0 Å². The summed E-state index contributed by atoms with van der Waals surface area (Å²) in [6.45, 7) is 0. The molecule has 0 aliphatic rings. The van der Waals surface area contributed by atoms with E-state index in [4.69, 9.17) is 9.84 Å². The number of nitro benzene ring substituents is 1. The van der Waals surface area contributed by atoms with E-state index in [-0.39, 0.29) is 17.2 Å². The van der Waals surface area contributed by atoms with Gasteiger partial charge in [0.2, 0.25) is 0 Å². The van der Waals surface area contributed by atoms with Crippen molar-refractivity contribution in [2.45, 2.75) is 5.75 Å². The molecular weight excluding hydrogens is 246 g/mol. The molecule has 1 aromatic rings. The van der Waals surface area contributed by atoms with Crippen LogP contribution in [0.3, 0.4) is 0 Å². The SMILES string of the molecule is COc1ccc(CSCC(=O)O)c([N+](=O)[O-])c1. The van der Waals surface area contributed by atoms with E-state index in [2.05, 4.69) is 0 Å². The summed E-state index contributed by atoms with van der Waals surface area (Å²) >= 11 is 1.11. The fourth-order valence-corrected chi connectivity index (χ4v) is 1.95. The number of nitro groups is 1. The Morgan fingerprint density at radius 3 is 2.82 bits per heavy atom. The van der Waals surface area contributed by atoms with E-state index in [1.807, 2.05) is 0 Å². The van der Waals surface area contributed by atoms with Crippen molar-refractivity contribution in [2.24, 2.45) is 0 Å². The molecule has 1 aromatic carbocycles. The Morgan fingerprint density at radius 1 is 1.59 bits per heavy atom. The molecule has 0 bridgehead atoms. The normalized spacial score (nSPS) is 9.94. The van der Waals surface area contributed by atoms with E-state index in [0.29, 0.717) is 11.3 Å². The van der Waals surface area contributed by atoms with E-state index in [1.54, 1.807) is 12.1 Å². The molecule has 7 heteroatoms. The smallest absolute Gasteiger partial charge is 0.313 e. The summed E-state index contributed by atoms with van der Waals surface area (Å²) in [6, 6.07) is 4.52. The summed E-state index contributed by atoms with van der Waals surface area (Å²) < 4.78 is 4.90. The molecule has 0 unspecified atom stereocenters. The van der Waals surface area contributed by atoms with Crippen LogP contribution in [-0.4, -0.2) is 28.9 Å². The van der Waals surface area contributed by atoms with Gasteiger partial charge in [-0.3, -0.25) is 14.9 Å². The quantitative estimate of drug-likeness (QED) is 0.618. The third-order valence-electron chi connectivity index (χ3n) is 1.97. The molecule has 0 radical (unpaired) electrons. The fourth-order valence-electron chi connectivity index (χ4n) is 1.21. The van der Waals surface area contributed by atoms with Gasteiger partial charge in [-0.2, -0.15) is 0 Å². The summed E-state index contributed by atoms with van der Waals surface area (Å²) in [7, 11) is 1.43. The highest BCUT2D eigenvalue weighted by atomic mass is 32.2. The van der Waals surface area contributed by atoms with Gasteiger partial charge in [0.15, 0.2) is 0 Å². The van der Waals surface area contributed by atoms with Crippen LogP contribution in [0, 0.1) is 10.1 Å². The number of thioether (sulfide) groups is 1. The molecular formula is C10H11NO5S. The third-order valence-corrected chi connectivity index (χ3v) is 2.94. The second-order valence-corrected chi connectivity index (χ2v) is 4.12. The lowest BCUT2D eigenvalue weighted by Gasteiger charge is -2.04. The zero-order valence-corrected chi connectivity index (χ0v) is 9.90. The van der Waals surface area contributed by atoms with Crippen molar-refractivity contribution in [2.75, 3.05) is 12.9 Å². The predicted molar refractivity (Wildman–Crippen MR) is 63.4 cm³/mol. The van der Waals surface area contributed by atoms with Crippen LogP contribution in [0.2, 0.25) is 0 Å². The molecule has 6 nitrogen and oxygen atoms in total. The van der Waals surface area contributed by atoms with Gasteiger partial charge in [-0.1, -0.05) is 0 Å². The zero-order valence-electron chi connectivity index (χ0n) is 9.08. The number of methoxy groups -OCH3 is 1. The molecule has 0 aliphatic carbocycles. The Bertz CT molecular complexity index is 435. The number of hydrogen-bond acceptors (Lipinski definition) is 5. The average molecular weight is 257 g/mol. The van der Waals surface area contributed by atoms with Crippen molar-refractivity contribution in [1.29, 1.82) is 0 Å². The fraction of sp³-hybridized carbons (Fsp3) is 0.300. The van der Waals surface area contributed by atoms with E-state index >= 15 is 0 Å². The Labute approximate surface area is 102 Å².